The number of nitrogens with zero attached hydrogens (tertiary/aromatic N) is 5. The van der Waals surface area contributed by atoms with Crippen LogP contribution in [-0.4, -0.2) is 30.4 Å². The maximum atomic E-state index is 12.9. The third-order valence-corrected chi connectivity index (χ3v) is 5.32. The molecule has 0 bridgehead atoms. The minimum absolute atomic E-state index is 0.0395. The standard InChI is InChI=1S/C24H24N6O4/c1-4-29-23(32)21(27-30(24(29)33)17-11-9-15(2)10-12-17)22-26-20(34-28-22)14-13-19(31)25-18-8-6-5-7-16(18)3/h5-12H,4,13-14H2,1-3H3,(H,25,31). The summed E-state index contributed by atoms with van der Waals surface area (Å²) in [5, 5.41) is 10.9. The van der Waals surface area contributed by atoms with Crippen molar-refractivity contribution in [1.82, 2.24) is 24.5 Å². The SMILES string of the molecule is CCn1c(=O)c(-c2noc(CCC(=O)Nc3ccccc3C)n2)nn(-c2ccc(C)cc2)c1=O. The number of rotatable bonds is 7. The zero-order valence-corrected chi connectivity index (χ0v) is 19.1. The van der Waals surface area contributed by atoms with Gasteiger partial charge in [0.1, 0.15) is 0 Å². The van der Waals surface area contributed by atoms with Crippen LogP contribution in [-0.2, 0) is 17.8 Å². The lowest BCUT2D eigenvalue weighted by atomic mass is 10.2. The van der Waals surface area contributed by atoms with E-state index in [9.17, 15) is 14.4 Å². The molecule has 0 aliphatic heterocycles. The molecule has 0 unspecified atom stereocenters. The molecule has 2 aromatic heterocycles. The summed E-state index contributed by atoms with van der Waals surface area (Å²) in [6.07, 6.45) is 0.301. The Morgan fingerprint density at radius 1 is 1.06 bits per heavy atom. The van der Waals surface area contributed by atoms with Crippen molar-refractivity contribution in [3.63, 3.8) is 0 Å². The zero-order valence-electron chi connectivity index (χ0n) is 19.1. The predicted molar refractivity (Wildman–Crippen MR) is 126 cm³/mol. The number of nitrogens with one attached hydrogen (secondary N) is 1. The average molecular weight is 460 g/mol. The number of para-hydroxylation sites is 1. The fourth-order valence-corrected chi connectivity index (χ4v) is 3.39. The van der Waals surface area contributed by atoms with Crippen LogP contribution < -0.4 is 16.6 Å². The van der Waals surface area contributed by atoms with Crippen molar-refractivity contribution >= 4 is 11.6 Å². The van der Waals surface area contributed by atoms with Crippen LogP contribution in [0, 0.1) is 13.8 Å². The van der Waals surface area contributed by atoms with E-state index in [4.69, 9.17) is 4.52 Å². The van der Waals surface area contributed by atoms with Crippen molar-refractivity contribution in [3.8, 4) is 17.2 Å². The fraction of sp³-hybridized carbons (Fsp3) is 0.250. The first-order chi connectivity index (χ1) is 16.4. The van der Waals surface area contributed by atoms with Crippen molar-refractivity contribution in [2.75, 3.05) is 5.32 Å². The summed E-state index contributed by atoms with van der Waals surface area (Å²) in [4.78, 5) is 42.2. The van der Waals surface area contributed by atoms with Crippen molar-refractivity contribution in [3.05, 3.63) is 86.4 Å². The molecule has 34 heavy (non-hydrogen) atoms. The van der Waals surface area contributed by atoms with Crippen LogP contribution in [0.5, 0.6) is 0 Å². The van der Waals surface area contributed by atoms with Crippen LogP contribution in [0.3, 0.4) is 0 Å². The molecule has 0 saturated carbocycles. The van der Waals surface area contributed by atoms with E-state index >= 15 is 0 Å². The summed E-state index contributed by atoms with van der Waals surface area (Å²) in [6.45, 7) is 5.69. The quantitative estimate of drug-likeness (QED) is 0.449. The van der Waals surface area contributed by atoms with E-state index in [1.54, 1.807) is 19.1 Å². The van der Waals surface area contributed by atoms with E-state index in [0.29, 0.717) is 5.69 Å². The molecule has 1 N–H and O–H groups in total. The second-order valence-electron chi connectivity index (χ2n) is 7.80. The molecule has 0 fully saturated rings. The molecule has 10 heteroatoms. The smallest absolute Gasteiger partial charge is 0.339 e. The van der Waals surface area contributed by atoms with Gasteiger partial charge >= 0.3 is 5.69 Å². The first kappa shape index (κ1) is 22.8. The third kappa shape index (κ3) is 4.70. The van der Waals surface area contributed by atoms with E-state index in [-0.39, 0.29) is 42.7 Å². The summed E-state index contributed by atoms with van der Waals surface area (Å²) >= 11 is 0. The maximum absolute atomic E-state index is 12.9. The molecule has 0 saturated heterocycles. The van der Waals surface area contributed by atoms with E-state index in [1.165, 1.54) is 0 Å². The molecule has 4 aromatic rings. The Balaban J connectivity index is 1.58. The van der Waals surface area contributed by atoms with Gasteiger partial charge < -0.3 is 9.84 Å². The number of hydrogen-bond acceptors (Lipinski definition) is 7. The van der Waals surface area contributed by atoms with Crippen LogP contribution in [0.2, 0.25) is 0 Å². The van der Waals surface area contributed by atoms with Crippen molar-refractivity contribution in [1.29, 1.82) is 0 Å². The number of amides is 1. The van der Waals surface area contributed by atoms with Gasteiger partial charge in [-0.25, -0.2) is 4.79 Å². The topological polar surface area (TPSA) is 125 Å². The second kappa shape index (κ2) is 9.65. The minimum Gasteiger partial charge on any atom is -0.339 e. The van der Waals surface area contributed by atoms with Crippen LogP contribution >= 0.6 is 0 Å². The van der Waals surface area contributed by atoms with Gasteiger partial charge in [0.25, 0.3) is 5.56 Å². The highest BCUT2D eigenvalue weighted by atomic mass is 16.5. The van der Waals surface area contributed by atoms with Gasteiger partial charge in [0.2, 0.25) is 17.6 Å². The van der Waals surface area contributed by atoms with Crippen LogP contribution in [0.4, 0.5) is 5.69 Å². The molecule has 4 rings (SSSR count). The van der Waals surface area contributed by atoms with Crippen LogP contribution in [0.15, 0.2) is 62.6 Å². The molecule has 2 heterocycles. The molecule has 0 aliphatic rings. The van der Waals surface area contributed by atoms with Gasteiger partial charge in [-0.2, -0.15) is 14.8 Å². The highest BCUT2D eigenvalue weighted by molar-refractivity contribution is 5.91. The molecule has 10 nitrogen and oxygen atoms in total. The Kier molecular flexibility index (Phi) is 6.48. The number of aryl methyl sites for hydroxylation is 3. The van der Waals surface area contributed by atoms with Gasteiger partial charge in [-0.15, -0.1) is 0 Å². The van der Waals surface area contributed by atoms with E-state index in [2.05, 4.69) is 20.6 Å². The van der Waals surface area contributed by atoms with Gasteiger partial charge in [0.05, 0.1) is 5.69 Å². The van der Waals surface area contributed by atoms with Crippen molar-refractivity contribution in [2.24, 2.45) is 0 Å². The molecule has 2 aromatic carbocycles. The molecular weight excluding hydrogens is 436 g/mol. The lowest BCUT2D eigenvalue weighted by Gasteiger charge is -2.09. The summed E-state index contributed by atoms with van der Waals surface area (Å²) in [5.41, 5.74) is 1.95. The lowest BCUT2D eigenvalue weighted by Crippen LogP contribution is -2.41. The Bertz CT molecular complexity index is 1450. The summed E-state index contributed by atoms with van der Waals surface area (Å²) in [7, 11) is 0. The van der Waals surface area contributed by atoms with Gasteiger partial charge in [0.15, 0.2) is 5.69 Å². The molecule has 0 spiro atoms. The largest absolute Gasteiger partial charge is 0.352 e. The number of aromatic nitrogens is 5. The normalized spacial score (nSPS) is 10.9. The number of hydrogen-bond donors (Lipinski definition) is 1. The number of carbonyl (C=O) groups is 1. The van der Waals surface area contributed by atoms with E-state index in [1.807, 2.05) is 50.2 Å². The van der Waals surface area contributed by atoms with Gasteiger partial charge in [-0.05, 0) is 44.5 Å². The van der Waals surface area contributed by atoms with Gasteiger partial charge in [-0.3, -0.25) is 14.2 Å². The lowest BCUT2D eigenvalue weighted by molar-refractivity contribution is -0.116. The minimum atomic E-state index is -0.611. The third-order valence-electron chi connectivity index (χ3n) is 5.32. The van der Waals surface area contributed by atoms with Crippen LogP contribution in [0.1, 0.15) is 30.4 Å². The highest BCUT2D eigenvalue weighted by Gasteiger charge is 2.20. The fourth-order valence-electron chi connectivity index (χ4n) is 3.39. The number of anilines is 1. The van der Waals surface area contributed by atoms with Crippen molar-refractivity contribution in [2.45, 2.75) is 40.2 Å². The predicted octanol–water partition coefficient (Wildman–Crippen LogP) is 2.65. The molecule has 0 aliphatic carbocycles. The molecule has 174 valence electrons. The Hall–Kier alpha value is -4.34. The summed E-state index contributed by atoms with van der Waals surface area (Å²) < 4.78 is 7.45. The Labute approximate surface area is 194 Å². The Morgan fingerprint density at radius 2 is 1.79 bits per heavy atom. The van der Waals surface area contributed by atoms with E-state index in [0.717, 1.165) is 26.1 Å². The number of carbonyl (C=O) groups excluding carboxylic acids is 1. The average Bonchev–Trinajstić information content (AvgIpc) is 3.29. The van der Waals surface area contributed by atoms with Gasteiger partial charge in [0, 0.05) is 25.1 Å². The number of benzene rings is 2. The summed E-state index contributed by atoms with van der Waals surface area (Å²) in [5.74, 6) is -0.0527. The first-order valence-electron chi connectivity index (χ1n) is 10.9. The molecular formula is C24H24N6O4. The van der Waals surface area contributed by atoms with E-state index < -0.39 is 11.2 Å². The molecule has 1 amide bonds. The molecule has 0 atom stereocenters. The monoisotopic (exact) mass is 460 g/mol. The summed E-state index contributed by atoms with van der Waals surface area (Å²) in [6, 6.07) is 14.7. The first-order valence-corrected chi connectivity index (χ1v) is 10.9. The van der Waals surface area contributed by atoms with Crippen molar-refractivity contribution < 1.29 is 9.32 Å². The van der Waals surface area contributed by atoms with Crippen LogP contribution in [0.25, 0.3) is 17.2 Å². The second-order valence-corrected chi connectivity index (χ2v) is 7.80. The Morgan fingerprint density at radius 3 is 2.50 bits per heavy atom. The highest BCUT2D eigenvalue weighted by Crippen LogP contribution is 2.15. The molecule has 0 radical (unpaired) electrons. The zero-order chi connectivity index (χ0) is 24.2. The maximum Gasteiger partial charge on any atom is 0.352 e. The van der Waals surface area contributed by atoms with Gasteiger partial charge in [-0.1, -0.05) is 41.1 Å².